The maximum atomic E-state index is 13.7. The molecular weight excluding hydrogens is 442 g/mol. The molecule has 0 radical (unpaired) electrons. The summed E-state index contributed by atoms with van der Waals surface area (Å²) in [6.07, 6.45) is 4.01. The van der Waals surface area contributed by atoms with Gasteiger partial charge in [0.05, 0.1) is 22.9 Å². The van der Waals surface area contributed by atoms with Gasteiger partial charge in [-0.25, -0.2) is 9.97 Å². The van der Waals surface area contributed by atoms with Crippen molar-refractivity contribution in [3.05, 3.63) is 71.5 Å². The lowest BCUT2D eigenvalue weighted by molar-refractivity contribution is 0.0702. The zero-order chi connectivity index (χ0) is 22.8. The minimum atomic E-state index is -0.188. The van der Waals surface area contributed by atoms with Crippen molar-refractivity contribution in [2.45, 2.75) is 18.6 Å². The number of benzene rings is 1. The highest BCUT2D eigenvalue weighted by molar-refractivity contribution is 6.33. The van der Waals surface area contributed by atoms with Crippen molar-refractivity contribution >= 4 is 34.5 Å². The van der Waals surface area contributed by atoms with Crippen LogP contribution < -0.4 is 10.2 Å². The Morgan fingerprint density at radius 1 is 1.12 bits per heavy atom. The molecule has 9 nitrogen and oxygen atoms in total. The van der Waals surface area contributed by atoms with E-state index < -0.39 is 0 Å². The average molecular weight is 464 g/mol. The molecular formula is C23H22ClN7O2. The highest BCUT2D eigenvalue weighted by Gasteiger charge is 2.33. The number of aromatic nitrogens is 5. The first-order valence-electron chi connectivity index (χ1n) is 10.6. The minimum Gasteiger partial charge on any atom is -0.380 e. The van der Waals surface area contributed by atoms with Crippen LogP contribution in [0.4, 0.5) is 5.82 Å². The normalized spacial score (nSPS) is 18.4. The zero-order valence-electron chi connectivity index (χ0n) is 17.9. The fourth-order valence-corrected chi connectivity index (χ4v) is 4.28. The molecule has 1 aliphatic rings. The molecule has 1 aromatic carbocycles. The number of hydrogen-bond donors (Lipinski definition) is 1. The summed E-state index contributed by atoms with van der Waals surface area (Å²) in [6, 6.07) is 14.2. The molecule has 0 spiro atoms. The number of anilines is 1. The van der Waals surface area contributed by atoms with E-state index in [4.69, 9.17) is 16.3 Å². The fraction of sp³-hybridized carbons (Fsp3) is 0.261. The second kappa shape index (κ2) is 9.22. The molecule has 168 valence electrons. The van der Waals surface area contributed by atoms with E-state index in [0.717, 1.165) is 12.2 Å². The lowest BCUT2D eigenvalue weighted by atomic mass is 10.0. The molecule has 0 unspecified atom stereocenters. The maximum absolute atomic E-state index is 13.7. The third-order valence-corrected chi connectivity index (χ3v) is 6.03. The van der Waals surface area contributed by atoms with Gasteiger partial charge < -0.3 is 10.1 Å². The fourth-order valence-electron chi connectivity index (χ4n) is 4.07. The average Bonchev–Trinajstić information content (AvgIpc) is 3.30. The maximum Gasteiger partial charge on any atom is 0.259 e. The SMILES string of the molecule is CO[C@H]1CNC[C@H](N(C(=O)c2ccc(-n3nnc4cccnc43)cc2)c2ncccc2Cl)C1. The van der Waals surface area contributed by atoms with E-state index in [1.807, 2.05) is 24.3 Å². The van der Waals surface area contributed by atoms with Crippen molar-refractivity contribution < 1.29 is 9.53 Å². The molecule has 1 N–H and O–H groups in total. The van der Waals surface area contributed by atoms with E-state index in [2.05, 4.69) is 25.6 Å². The highest BCUT2D eigenvalue weighted by atomic mass is 35.5. The van der Waals surface area contributed by atoms with E-state index in [1.54, 1.807) is 53.4 Å². The Balaban J connectivity index is 1.48. The van der Waals surface area contributed by atoms with Crippen LogP contribution in [0.3, 0.4) is 0 Å². The molecule has 5 rings (SSSR count). The number of amides is 1. The predicted molar refractivity (Wildman–Crippen MR) is 125 cm³/mol. The lowest BCUT2D eigenvalue weighted by Gasteiger charge is -2.37. The quantitative estimate of drug-likeness (QED) is 0.486. The number of carbonyl (C=O) groups is 1. The minimum absolute atomic E-state index is 0.00277. The standard InChI is InChI=1S/C23H22ClN7O2/c1-33-18-12-17(13-25-14-18)30(21-19(24)4-2-10-26-21)23(32)15-6-8-16(9-7-15)31-22-20(28-29-31)5-3-11-27-22/h2-11,17-18,25H,12-14H2,1H3/t17-,18-/m1/s1. The van der Waals surface area contributed by atoms with E-state index in [0.29, 0.717) is 40.5 Å². The summed E-state index contributed by atoms with van der Waals surface area (Å²) in [7, 11) is 1.68. The summed E-state index contributed by atoms with van der Waals surface area (Å²) in [4.78, 5) is 24.1. The summed E-state index contributed by atoms with van der Waals surface area (Å²) in [5.74, 6) is 0.246. The molecule has 3 aromatic heterocycles. The topological polar surface area (TPSA) is 98.1 Å². The van der Waals surface area contributed by atoms with Crippen LogP contribution in [0.15, 0.2) is 60.9 Å². The van der Waals surface area contributed by atoms with Crippen LogP contribution in [0.5, 0.6) is 0 Å². The smallest absolute Gasteiger partial charge is 0.259 e. The number of carbonyl (C=O) groups excluding carboxylic acids is 1. The van der Waals surface area contributed by atoms with Crippen molar-refractivity contribution in [1.82, 2.24) is 30.3 Å². The Morgan fingerprint density at radius 3 is 2.70 bits per heavy atom. The van der Waals surface area contributed by atoms with E-state index >= 15 is 0 Å². The van der Waals surface area contributed by atoms with Crippen LogP contribution in [0, 0.1) is 0 Å². The number of piperidine rings is 1. The first kappa shape index (κ1) is 21.4. The Hall–Kier alpha value is -3.40. The van der Waals surface area contributed by atoms with Gasteiger partial charge in [0.1, 0.15) is 5.52 Å². The van der Waals surface area contributed by atoms with Crippen LogP contribution in [-0.4, -0.2) is 63.2 Å². The summed E-state index contributed by atoms with van der Waals surface area (Å²) in [6.45, 7) is 1.35. The van der Waals surface area contributed by atoms with Gasteiger partial charge in [0.15, 0.2) is 11.5 Å². The Bertz CT molecular complexity index is 1280. The number of ether oxygens (including phenoxy) is 1. The molecule has 4 aromatic rings. The van der Waals surface area contributed by atoms with E-state index in [-0.39, 0.29) is 18.1 Å². The molecule has 10 heteroatoms. The van der Waals surface area contributed by atoms with Crippen LogP contribution in [0.1, 0.15) is 16.8 Å². The highest BCUT2D eigenvalue weighted by Crippen LogP contribution is 2.29. The summed E-state index contributed by atoms with van der Waals surface area (Å²) in [5, 5.41) is 12.1. The van der Waals surface area contributed by atoms with Crippen molar-refractivity contribution in [2.24, 2.45) is 0 Å². The van der Waals surface area contributed by atoms with E-state index in [9.17, 15) is 4.79 Å². The van der Waals surface area contributed by atoms with Gasteiger partial charge in [0, 0.05) is 38.2 Å². The second-order valence-corrected chi connectivity index (χ2v) is 8.19. The monoisotopic (exact) mass is 463 g/mol. The number of methoxy groups -OCH3 is 1. The van der Waals surface area contributed by atoms with Gasteiger partial charge in [0.2, 0.25) is 0 Å². The van der Waals surface area contributed by atoms with Gasteiger partial charge in [-0.2, -0.15) is 4.68 Å². The van der Waals surface area contributed by atoms with Gasteiger partial charge in [0.25, 0.3) is 5.91 Å². The van der Waals surface area contributed by atoms with Crippen molar-refractivity contribution in [1.29, 1.82) is 0 Å². The van der Waals surface area contributed by atoms with Crippen LogP contribution in [-0.2, 0) is 4.74 Å². The Labute approximate surface area is 195 Å². The lowest BCUT2D eigenvalue weighted by Crippen LogP contribution is -2.53. The third kappa shape index (κ3) is 4.18. The van der Waals surface area contributed by atoms with Crippen LogP contribution >= 0.6 is 11.6 Å². The number of pyridine rings is 2. The van der Waals surface area contributed by atoms with Crippen molar-refractivity contribution in [2.75, 3.05) is 25.1 Å². The summed E-state index contributed by atoms with van der Waals surface area (Å²) in [5.41, 5.74) is 2.62. The number of nitrogens with one attached hydrogen (secondary N) is 1. The summed E-state index contributed by atoms with van der Waals surface area (Å²) < 4.78 is 7.18. The van der Waals surface area contributed by atoms with Gasteiger partial charge >= 0.3 is 0 Å². The molecule has 1 fully saturated rings. The van der Waals surface area contributed by atoms with Crippen molar-refractivity contribution in [3.63, 3.8) is 0 Å². The molecule has 1 saturated heterocycles. The molecule has 0 saturated carbocycles. The second-order valence-electron chi connectivity index (χ2n) is 7.78. The Morgan fingerprint density at radius 2 is 1.91 bits per heavy atom. The zero-order valence-corrected chi connectivity index (χ0v) is 18.7. The first-order valence-corrected chi connectivity index (χ1v) is 11.0. The molecule has 1 amide bonds. The number of rotatable bonds is 5. The largest absolute Gasteiger partial charge is 0.380 e. The number of fused-ring (bicyclic) bond motifs is 1. The van der Waals surface area contributed by atoms with Gasteiger partial charge in [-0.1, -0.05) is 16.8 Å². The third-order valence-electron chi connectivity index (χ3n) is 5.74. The molecule has 4 heterocycles. The van der Waals surface area contributed by atoms with Gasteiger partial charge in [-0.15, -0.1) is 5.10 Å². The number of hydrogen-bond acceptors (Lipinski definition) is 7. The van der Waals surface area contributed by atoms with Gasteiger partial charge in [-0.3, -0.25) is 9.69 Å². The van der Waals surface area contributed by atoms with Crippen LogP contribution in [0.2, 0.25) is 5.02 Å². The predicted octanol–water partition coefficient (Wildman–Crippen LogP) is 2.89. The first-order chi connectivity index (χ1) is 16.2. The molecule has 0 bridgehead atoms. The molecule has 0 aliphatic carbocycles. The molecule has 2 atom stereocenters. The molecule has 33 heavy (non-hydrogen) atoms. The van der Waals surface area contributed by atoms with Crippen LogP contribution in [0.25, 0.3) is 16.9 Å². The summed E-state index contributed by atoms with van der Waals surface area (Å²) >= 11 is 6.45. The molecule has 1 aliphatic heterocycles. The van der Waals surface area contributed by atoms with Crippen molar-refractivity contribution in [3.8, 4) is 5.69 Å². The van der Waals surface area contributed by atoms with E-state index in [1.165, 1.54) is 0 Å². The number of halogens is 1. The number of nitrogens with zero attached hydrogens (tertiary/aromatic N) is 6. The van der Waals surface area contributed by atoms with Gasteiger partial charge in [-0.05, 0) is 55.0 Å². The Kier molecular flexibility index (Phi) is 5.99.